The molecule has 0 bridgehead atoms. The standard InChI is InChI=1S/C19H22N5O4Si.2Rb.Y/c20-18-21-7-14-17(23-18)24(11-22-14)16-6-15(29-27)13(19(16,26)10-25)9-28-8-12-4-2-1-3-5-12;;;/h1-5,11,13,15-16,25-27H,6,8-10H2,(H2,20,21,23);;;/q-2;2*+1;/t13-,15+,16+,19+;;;/m1.../s1. The van der Waals surface area contributed by atoms with Crippen molar-refractivity contribution in [3.63, 3.8) is 0 Å². The van der Waals surface area contributed by atoms with Gasteiger partial charge in [0.15, 0.2) is 0 Å². The van der Waals surface area contributed by atoms with E-state index in [1.165, 1.54) is 6.33 Å². The summed E-state index contributed by atoms with van der Waals surface area (Å²) in [6.07, 6.45) is 4.69. The number of hydrogen-bond donors (Lipinski definition) is 4. The Bertz CT molecular complexity index is 989. The van der Waals surface area contributed by atoms with E-state index in [9.17, 15) is 15.0 Å². The van der Waals surface area contributed by atoms with E-state index in [1.807, 2.05) is 30.3 Å². The predicted octanol–water partition coefficient (Wildman–Crippen LogP) is -5.88. The van der Waals surface area contributed by atoms with Gasteiger partial charge in [-0.1, -0.05) is 36.8 Å². The summed E-state index contributed by atoms with van der Waals surface area (Å²) in [5.74, 6) is -0.404. The number of rotatable bonds is 7. The van der Waals surface area contributed by atoms with Crippen molar-refractivity contribution in [2.24, 2.45) is 5.92 Å². The van der Waals surface area contributed by atoms with Gasteiger partial charge in [-0.15, -0.1) is 0 Å². The van der Waals surface area contributed by atoms with Crippen molar-refractivity contribution in [3.05, 3.63) is 48.4 Å². The van der Waals surface area contributed by atoms with E-state index in [1.54, 1.807) is 4.57 Å². The Morgan fingerprint density at radius 2 is 2.00 bits per heavy atom. The fourth-order valence-corrected chi connectivity index (χ4v) is 4.97. The molecule has 9 nitrogen and oxygen atoms in total. The summed E-state index contributed by atoms with van der Waals surface area (Å²) in [5.41, 5.74) is 5.82. The Kier molecular flexibility index (Phi) is 15.1. The van der Waals surface area contributed by atoms with Gasteiger partial charge in [0.1, 0.15) is 11.5 Å². The summed E-state index contributed by atoms with van der Waals surface area (Å²) in [4.78, 5) is 22.2. The van der Waals surface area contributed by atoms with Gasteiger partial charge in [0.05, 0.1) is 32.2 Å². The maximum absolute atomic E-state index is 11.4. The molecule has 1 aromatic carbocycles. The molecule has 2 heterocycles. The molecule has 1 aliphatic rings. The predicted molar refractivity (Wildman–Crippen MR) is 106 cm³/mol. The van der Waals surface area contributed by atoms with E-state index in [-0.39, 0.29) is 167 Å². The Hall–Kier alpha value is 2.34. The average Bonchev–Trinajstić information content (AvgIpc) is 3.27. The molecule has 2 aromatic heterocycles. The Balaban J connectivity index is 0.00000171. The third kappa shape index (κ3) is 7.01. The largest absolute Gasteiger partial charge is 1.00 e. The zero-order valence-corrected chi connectivity index (χ0v) is 31.9. The number of hydrogen-bond acceptors (Lipinski definition) is 8. The second-order valence-corrected chi connectivity index (χ2v) is 8.26. The van der Waals surface area contributed by atoms with E-state index < -0.39 is 33.9 Å². The fourth-order valence-electron chi connectivity index (χ4n) is 4.08. The number of nitrogens with zero attached hydrogens (tertiary/aromatic N) is 4. The molecule has 0 amide bonds. The molecule has 0 saturated heterocycles. The monoisotopic (exact) mass is 671 g/mol. The van der Waals surface area contributed by atoms with E-state index in [0.29, 0.717) is 24.2 Å². The maximum Gasteiger partial charge on any atom is 1.00 e. The van der Waals surface area contributed by atoms with Gasteiger partial charge in [-0.05, 0) is 17.7 Å². The van der Waals surface area contributed by atoms with Crippen LogP contribution in [0.15, 0.2) is 36.7 Å². The van der Waals surface area contributed by atoms with E-state index in [0.717, 1.165) is 5.56 Å². The summed E-state index contributed by atoms with van der Waals surface area (Å²) in [6, 6.07) is 9.16. The Labute approximate surface area is 312 Å². The van der Waals surface area contributed by atoms with Gasteiger partial charge in [-0.3, -0.25) is 14.7 Å². The number of aromatic nitrogens is 4. The first-order valence-electron chi connectivity index (χ1n) is 9.29. The number of nitrogens with two attached hydrogens (primary N) is 1. The number of aliphatic hydroxyl groups is 2. The van der Waals surface area contributed by atoms with Crippen molar-refractivity contribution in [3.8, 4) is 0 Å². The number of nitrogen functional groups attached to an aromatic ring is 1. The third-order valence-corrected chi connectivity index (χ3v) is 6.58. The second kappa shape index (κ2) is 14.9. The molecule has 3 aromatic rings. The van der Waals surface area contributed by atoms with Crippen molar-refractivity contribution in [2.75, 3.05) is 18.9 Å². The van der Waals surface area contributed by atoms with Crippen molar-refractivity contribution in [2.45, 2.75) is 30.2 Å². The van der Waals surface area contributed by atoms with Gasteiger partial charge in [0.2, 0.25) is 0 Å². The molecule has 13 heteroatoms. The SMILES string of the molecule is Nc1n[c-]c2ncn([C@H]3C[C@H]([Si-]O)[C@@H](COCc4ccccc4)[C@@]3(O)CO)c2n1.[Rb+].[Rb+].[Y]. The Morgan fingerprint density at radius 3 is 2.66 bits per heavy atom. The van der Waals surface area contributed by atoms with Gasteiger partial charge < -0.3 is 40.0 Å². The molecule has 2 radical (unpaired) electrons. The number of aliphatic hydroxyl groups excluding tert-OH is 1. The first-order chi connectivity index (χ1) is 14.1. The van der Waals surface area contributed by atoms with Gasteiger partial charge >= 0.3 is 116 Å². The van der Waals surface area contributed by atoms with Crippen LogP contribution in [0.3, 0.4) is 0 Å². The third-order valence-electron chi connectivity index (χ3n) is 5.61. The molecule has 5 N–H and O–H groups in total. The molecule has 0 unspecified atom stereocenters. The molecular weight excluding hydrogens is 650 g/mol. The van der Waals surface area contributed by atoms with Crippen LogP contribution in [0.25, 0.3) is 11.2 Å². The topological polar surface area (TPSA) is 140 Å². The molecule has 32 heavy (non-hydrogen) atoms. The van der Waals surface area contributed by atoms with Gasteiger partial charge in [-0.2, -0.15) is 5.54 Å². The second-order valence-electron chi connectivity index (χ2n) is 7.26. The molecular formula is C19H22N5O4Rb2SiY. The Morgan fingerprint density at radius 1 is 1.28 bits per heavy atom. The van der Waals surface area contributed by atoms with Crippen molar-refractivity contribution in [1.82, 2.24) is 19.5 Å². The maximum atomic E-state index is 11.4. The minimum atomic E-state index is -1.51. The summed E-state index contributed by atoms with van der Waals surface area (Å²) in [5, 5.41) is 21.6. The average molecular weight is 672 g/mol. The van der Waals surface area contributed by atoms with Gasteiger partial charge in [-0.25, -0.2) is 0 Å². The van der Waals surface area contributed by atoms with Crippen LogP contribution in [0.5, 0.6) is 0 Å². The van der Waals surface area contributed by atoms with Crippen LogP contribution < -0.4 is 122 Å². The van der Waals surface area contributed by atoms with Gasteiger partial charge in [0.25, 0.3) is 0 Å². The summed E-state index contributed by atoms with van der Waals surface area (Å²) >= 11 is 0. The summed E-state index contributed by atoms with van der Waals surface area (Å²) in [6.45, 7) is 0.107. The number of imidazole rings is 1. The van der Waals surface area contributed by atoms with E-state index >= 15 is 0 Å². The van der Waals surface area contributed by atoms with E-state index in [2.05, 4.69) is 21.1 Å². The number of ether oxygens (including phenoxy) is 1. The molecule has 1 aliphatic carbocycles. The first kappa shape index (κ1) is 32.4. The molecule has 156 valence electrons. The molecule has 0 aliphatic heterocycles. The van der Waals surface area contributed by atoms with Crippen molar-refractivity contribution < 1.29 is 169 Å². The summed E-state index contributed by atoms with van der Waals surface area (Å²) in [7, 11) is -0.396. The minimum absolute atomic E-state index is 0. The zero-order chi connectivity index (χ0) is 20.4. The molecule has 1 saturated carbocycles. The van der Waals surface area contributed by atoms with E-state index in [4.69, 9.17) is 10.5 Å². The zero-order valence-electron chi connectivity index (χ0n) is 18.2. The number of anilines is 1. The molecule has 1 fully saturated rings. The number of benzene rings is 1. The smallest absolute Gasteiger partial charge is 0.634 e. The number of fused-ring (bicyclic) bond motifs is 1. The van der Waals surface area contributed by atoms with Crippen molar-refractivity contribution >= 4 is 26.9 Å². The van der Waals surface area contributed by atoms with Gasteiger partial charge in [0, 0.05) is 43.9 Å². The molecule has 4 rings (SSSR count). The normalized spacial score (nSPS) is 24.4. The molecule has 4 atom stereocenters. The summed E-state index contributed by atoms with van der Waals surface area (Å²) < 4.78 is 7.54. The first-order valence-corrected chi connectivity index (χ1v) is 10.3. The quantitative estimate of drug-likeness (QED) is 0.144. The van der Waals surface area contributed by atoms with Crippen LogP contribution in [-0.2, 0) is 44.1 Å². The van der Waals surface area contributed by atoms with Crippen LogP contribution in [-0.4, -0.2) is 63.1 Å². The van der Waals surface area contributed by atoms with Crippen LogP contribution in [0.4, 0.5) is 5.95 Å². The minimum Gasteiger partial charge on any atom is -0.634 e. The van der Waals surface area contributed by atoms with Crippen LogP contribution in [0, 0.1) is 12.1 Å². The molecule has 0 spiro atoms. The van der Waals surface area contributed by atoms with Crippen LogP contribution in [0.1, 0.15) is 18.0 Å². The van der Waals surface area contributed by atoms with Crippen LogP contribution >= 0.6 is 0 Å². The fraction of sp³-hybridized carbons (Fsp3) is 0.421. The van der Waals surface area contributed by atoms with Crippen LogP contribution in [0.2, 0.25) is 5.54 Å². The van der Waals surface area contributed by atoms with Crippen molar-refractivity contribution in [1.29, 1.82) is 0 Å².